The Morgan fingerprint density at radius 3 is 1.46 bits per heavy atom. The Morgan fingerprint density at radius 1 is 0.750 bits per heavy atom. The van der Waals surface area contributed by atoms with Gasteiger partial charge in [0.15, 0.2) is 0 Å². The highest BCUT2D eigenvalue weighted by Gasteiger charge is 2.32. The third kappa shape index (κ3) is 9.48. The molecule has 1 N–H and O–H groups in total. The molecule has 0 unspecified atom stereocenters. The molecule has 2 aromatic rings. The lowest BCUT2D eigenvalue weighted by Gasteiger charge is -2.10. The monoisotopic (exact) mass is 602 g/mol. The van der Waals surface area contributed by atoms with E-state index in [4.69, 9.17) is 5.11 Å². The van der Waals surface area contributed by atoms with E-state index in [1.165, 1.54) is 18.2 Å². The first-order valence-electron chi connectivity index (χ1n) is 7.10. The van der Waals surface area contributed by atoms with Gasteiger partial charge in [0, 0.05) is 5.33 Å². The van der Waals surface area contributed by atoms with Crippen molar-refractivity contribution in [2.75, 3.05) is 0 Å². The fraction of sp³-hybridized carbons (Fsp3) is 0.250. The first kappa shape index (κ1) is 25.1. The number of benzene rings is 2. The van der Waals surface area contributed by atoms with Gasteiger partial charge in [-0.15, -0.1) is 26.3 Å². The van der Waals surface area contributed by atoms with E-state index in [1.54, 1.807) is 12.1 Å². The average Bonchev–Trinajstić information content (AvgIpc) is 2.57. The predicted octanol–water partition coefficient (Wildman–Crippen LogP) is 7.08. The van der Waals surface area contributed by atoms with Crippen molar-refractivity contribution in [2.45, 2.75) is 24.7 Å². The molecule has 2 rings (SSSR count). The van der Waals surface area contributed by atoms with Gasteiger partial charge in [-0.1, -0.05) is 28.1 Å². The van der Waals surface area contributed by atoms with Gasteiger partial charge in [0.2, 0.25) is 0 Å². The lowest BCUT2D eigenvalue weighted by molar-refractivity contribution is -0.275. The van der Waals surface area contributed by atoms with Crippen LogP contribution in [0, 0.1) is 0 Å². The molecule has 0 amide bonds. The number of ether oxygens (including phenoxy) is 2. The van der Waals surface area contributed by atoms with Gasteiger partial charge in [-0.2, -0.15) is 0 Å². The number of aliphatic hydroxyl groups excluding tert-OH is 1. The minimum absolute atomic E-state index is 0.154. The molecule has 0 heterocycles. The van der Waals surface area contributed by atoms with Gasteiger partial charge in [0.25, 0.3) is 0 Å². The highest BCUT2D eigenvalue weighted by molar-refractivity contribution is 9.11. The highest BCUT2D eigenvalue weighted by Crippen LogP contribution is 2.32. The van der Waals surface area contributed by atoms with E-state index in [2.05, 4.69) is 57.3 Å². The Morgan fingerprint density at radius 2 is 1.14 bits per heavy atom. The van der Waals surface area contributed by atoms with Gasteiger partial charge in [-0.3, -0.25) is 0 Å². The second kappa shape index (κ2) is 10.7. The summed E-state index contributed by atoms with van der Waals surface area (Å²) < 4.78 is 78.9. The van der Waals surface area contributed by atoms with Crippen LogP contribution in [0.15, 0.2) is 45.3 Å². The van der Waals surface area contributed by atoms with Crippen LogP contribution < -0.4 is 9.47 Å². The molecule has 0 fully saturated rings. The molecule has 12 heteroatoms. The average molecular weight is 605 g/mol. The van der Waals surface area contributed by atoms with E-state index in [0.29, 0.717) is 10.9 Å². The molecule has 0 atom stereocenters. The molecule has 0 aliphatic heterocycles. The zero-order valence-corrected chi connectivity index (χ0v) is 18.3. The van der Waals surface area contributed by atoms with Crippen molar-refractivity contribution in [2.24, 2.45) is 0 Å². The smallest absolute Gasteiger partial charge is 0.405 e. The Balaban J connectivity index is 0.000000280. The molecule has 3 nitrogen and oxygen atoms in total. The molecule has 0 radical (unpaired) electrons. The third-order valence-electron chi connectivity index (χ3n) is 2.78. The molecule has 0 bridgehead atoms. The summed E-state index contributed by atoms with van der Waals surface area (Å²) in [5.41, 5.74) is 1.37. The van der Waals surface area contributed by atoms with Crippen molar-refractivity contribution in [1.82, 2.24) is 0 Å². The van der Waals surface area contributed by atoms with E-state index < -0.39 is 12.7 Å². The highest BCUT2D eigenvalue weighted by atomic mass is 79.9. The summed E-state index contributed by atoms with van der Waals surface area (Å²) in [6.07, 6.45) is -9.36. The van der Waals surface area contributed by atoms with Gasteiger partial charge >= 0.3 is 12.7 Å². The zero-order valence-electron chi connectivity index (χ0n) is 13.5. The van der Waals surface area contributed by atoms with Crippen LogP contribution in [0.3, 0.4) is 0 Å². The van der Waals surface area contributed by atoms with Gasteiger partial charge in [-0.05, 0) is 67.3 Å². The van der Waals surface area contributed by atoms with E-state index in [-0.39, 0.29) is 27.1 Å². The quantitative estimate of drug-likeness (QED) is 0.299. The number of hydrogen-bond acceptors (Lipinski definition) is 3. The van der Waals surface area contributed by atoms with Gasteiger partial charge in [0.1, 0.15) is 11.5 Å². The van der Waals surface area contributed by atoms with E-state index >= 15 is 0 Å². The summed E-state index contributed by atoms with van der Waals surface area (Å²) in [5, 5.41) is 9.28. The zero-order chi connectivity index (χ0) is 21.5. The molecule has 0 aromatic heterocycles. The Bertz CT molecular complexity index is 716. The van der Waals surface area contributed by atoms with Crippen molar-refractivity contribution in [3.05, 3.63) is 56.5 Å². The molecule has 0 spiro atoms. The SMILES string of the molecule is FC(F)(F)Oc1ccc(CBr)cc1Br.OCc1ccc(OC(F)(F)F)c(Br)c1. The van der Waals surface area contributed by atoms with Crippen LogP contribution in [0.5, 0.6) is 11.5 Å². The first-order chi connectivity index (χ1) is 12.8. The normalized spacial score (nSPS) is 11.5. The first-order valence-corrected chi connectivity index (χ1v) is 9.80. The van der Waals surface area contributed by atoms with Crippen molar-refractivity contribution in [1.29, 1.82) is 0 Å². The van der Waals surface area contributed by atoms with Crippen LogP contribution in [0.2, 0.25) is 0 Å². The number of rotatable bonds is 4. The molecule has 28 heavy (non-hydrogen) atoms. The van der Waals surface area contributed by atoms with Crippen LogP contribution in [0.25, 0.3) is 0 Å². The number of aliphatic hydroxyl groups is 1. The summed E-state index contributed by atoms with van der Waals surface area (Å²) in [7, 11) is 0. The molecular weight excluding hydrogens is 594 g/mol. The Kier molecular flexibility index (Phi) is 9.57. The number of hydrogen-bond donors (Lipinski definition) is 1. The molecule has 0 aliphatic carbocycles. The van der Waals surface area contributed by atoms with Crippen molar-refractivity contribution in [3.8, 4) is 11.5 Å². The minimum atomic E-state index is -4.71. The predicted molar refractivity (Wildman–Crippen MR) is 100 cm³/mol. The van der Waals surface area contributed by atoms with Gasteiger partial charge in [-0.25, -0.2) is 0 Å². The fourth-order valence-electron chi connectivity index (χ4n) is 1.69. The minimum Gasteiger partial charge on any atom is -0.405 e. The van der Waals surface area contributed by atoms with Crippen molar-refractivity contribution < 1.29 is 40.9 Å². The summed E-state index contributed by atoms with van der Waals surface area (Å²) in [6, 6.07) is 8.25. The third-order valence-corrected chi connectivity index (χ3v) is 4.67. The standard InChI is InChI=1S/C8H5Br2F3O.C8H6BrF3O2/c9-4-5-1-2-7(6(10)3-5)14-8(11,12)13;9-6-3-5(4-13)1-2-7(6)14-8(10,11)12/h1-3H,4H2;1-3,13H,4H2. The summed E-state index contributed by atoms with van der Waals surface area (Å²) in [4.78, 5) is 0. The Labute approximate surface area is 181 Å². The maximum Gasteiger partial charge on any atom is 0.573 e. The summed E-state index contributed by atoms with van der Waals surface area (Å²) in [6.45, 7) is -0.231. The van der Waals surface area contributed by atoms with E-state index in [1.807, 2.05) is 0 Å². The maximum absolute atomic E-state index is 11.9. The van der Waals surface area contributed by atoms with E-state index in [9.17, 15) is 26.3 Å². The van der Waals surface area contributed by atoms with Crippen LogP contribution in [-0.2, 0) is 11.9 Å². The summed E-state index contributed by atoms with van der Waals surface area (Å²) in [5.74, 6) is -0.558. The second-order valence-electron chi connectivity index (χ2n) is 4.92. The molecule has 156 valence electrons. The van der Waals surface area contributed by atoms with E-state index in [0.717, 1.165) is 11.6 Å². The van der Waals surface area contributed by atoms with Crippen molar-refractivity contribution >= 4 is 47.8 Å². The van der Waals surface area contributed by atoms with Crippen molar-refractivity contribution in [3.63, 3.8) is 0 Å². The Hall–Kier alpha value is -0.980. The molecule has 2 aromatic carbocycles. The van der Waals surface area contributed by atoms with Crippen LogP contribution in [-0.4, -0.2) is 17.8 Å². The summed E-state index contributed by atoms with van der Waals surface area (Å²) >= 11 is 9.09. The number of alkyl halides is 7. The second-order valence-corrected chi connectivity index (χ2v) is 7.19. The molecule has 0 saturated heterocycles. The fourth-order valence-corrected chi connectivity index (χ4v) is 3.05. The lowest BCUT2D eigenvalue weighted by atomic mass is 10.2. The maximum atomic E-state index is 11.9. The molecule has 0 saturated carbocycles. The topological polar surface area (TPSA) is 38.7 Å². The number of halogens is 9. The largest absolute Gasteiger partial charge is 0.573 e. The van der Waals surface area contributed by atoms with Crippen LogP contribution >= 0.6 is 47.8 Å². The van der Waals surface area contributed by atoms with Gasteiger partial charge < -0.3 is 14.6 Å². The van der Waals surface area contributed by atoms with Crippen LogP contribution in [0.1, 0.15) is 11.1 Å². The molecule has 0 aliphatic rings. The molecular formula is C16H11Br3F6O3. The van der Waals surface area contributed by atoms with Gasteiger partial charge in [0.05, 0.1) is 15.6 Å². The lowest BCUT2D eigenvalue weighted by Crippen LogP contribution is -2.17. The van der Waals surface area contributed by atoms with Crippen LogP contribution in [0.4, 0.5) is 26.3 Å².